The number of methoxy groups -OCH3 is 1. The summed E-state index contributed by atoms with van der Waals surface area (Å²) < 4.78 is 13.4. The lowest BCUT2D eigenvalue weighted by atomic mass is 10.0. The molecule has 9 heteroatoms. The minimum absolute atomic E-state index is 0.223. The van der Waals surface area contributed by atoms with Gasteiger partial charge in [-0.3, -0.25) is 4.90 Å². The number of anilines is 3. The monoisotopic (exact) mass is 582 g/mol. The molecule has 9 nitrogen and oxygen atoms in total. The molecule has 4 aromatic rings. The van der Waals surface area contributed by atoms with Crippen molar-refractivity contribution in [2.24, 2.45) is 0 Å². The van der Waals surface area contributed by atoms with Gasteiger partial charge in [0.2, 0.25) is 5.95 Å². The molecular formula is C34H42N6O3. The van der Waals surface area contributed by atoms with Gasteiger partial charge >= 0.3 is 6.09 Å². The van der Waals surface area contributed by atoms with E-state index in [1.807, 2.05) is 69.4 Å². The Kier molecular flexibility index (Phi) is 8.25. The normalized spacial score (nSPS) is 17.2. The number of piperidine rings is 1. The van der Waals surface area contributed by atoms with Crippen LogP contribution in [-0.4, -0.2) is 57.9 Å². The van der Waals surface area contributed by atoms with Gasteiger partial charge in [-0.2, -0.15) is 4.98 Å². The number of hydrogen-bond acceptors (Lipinski definition) is 7. The van der Waals surface area contributed by atoms with Crippen LogP contribution in [-0.2, 0) is 17.7 Å². The average molecular weight is 583 g/mol. The number of likely N-dealkylation sites (tertiary alicyclic amines) is 1. The molecule has 1 saturated heterocycles. The number of amides is 1. The Morgan fingerprint density at radius 2 is 1.79 bits per heavy atom. The van der Waals surface area contributed by atoms with Gasteiger partial charge in [0.15, 0.2) is 5.65 Å². The van der Waals surface area contributed by atoms with Gasteiger partial charge in [-0.15, -0.1) is 0 Å². The second-order valence-corrected chi connectivity index (χ2v) is 12.5. The predicted octanol–water partition coefficient (Wildman–Crippen LogP) is 7.10. The van der Waals surface area contributed by atoms with Crippen molar-refractivity contribution < 1.29 is 14.3 Å². The zero-order valence-electron chi connectivity index (χ0n) is 25.7. The Labute approximate surface area is 253 Å². The summed E-state index contributed by atoms with van der Waals surface area (Å²) in [5, 5.41) is 3.52. The number of carbonyl (C=O) groups is 1. The van der Waals surface area contributed by atoms with Crippen LogP contribution in [0.5, 0.6) is 5.75 Å². The van der Waals surface area contributed by atoms with Gasteiger partial charge < -0.3 is 24.3 Å². The molecule has 2 aliphatic heterocycles. The number of nitrogens with zero attached hydrogens (tertiary/aromatic N) is 5. The first-order valence-corrected chi connectivity index (χ1v) is 15.4. The van der Waals surface area contributed by atoms with Gasteiger partial charge in [0, 0.05) is 18.4 Å². The van der Waals surface area contributed by atoms with Gasteiger partial charge in [-0.25, -0.2) is 9.78 Å². The van der Waals surface area contributed by atoms with Gasteiger partial charge in [0.05, 0.1) is 24.4 Å². The van der Waals surface area contributed by atoms with Gasteiger partial charge in [-0.05, 0) is 114 Å². The quantitative estimate of drug-likeness (QED) is 0.237. The fourth-order valence-corrected chi connectivity index (χ4v) is 6.15. The summed E-state index contributed by atoms with van der Waals surface area (Å²) in [6, 6.07) is 17.8. The second-order valence-electron chi connectivity index (χ2n) is 12.5. The van der Waals surface area contributed by atoms with Crippen LogP contribution in [0, 0.1) is 0 Å². The van der Waals surface area contributed by atoms with Crippen molar-refractivity contribution in [2.75, 3.05) is 37.0 Å². The van der Waals surface area contributed by atoms with E-state index in [1.54, 1.807) is 12.0 Å². The number of aromatic nitrogens is 3. The van der Waals surface area contributed by atoms with E-state index in [2.05, 4.69) is 26.9 Å². The average Bonchev–Trinajstić information content (AvgIpc) is 3.55. The minimum Gasteiger partial charge on any atom is -0.497 e. The van der Waals surface area contributed by atoms with E-state index in [0.717, 1.165) is 59.2 Å². The lowest BCUT2D eigenvalue weighted by molar-refractivity contribution is 0.0569. The molecule has 1 amide bonds. The fourth-order valence-electron chi connectivity index (χ4n) is 6.15. The van der Waals surface area contributed by atoms with Gasteiger partial charge in [0.25, 0.3) is 0 Å². The Balaban J connectivity index is 1.34. The summed E-state index contributed by atoms with van der Waals surface area (Å²) in [7, 11) is 1.67. The SMILES string of the molecule is COc1ccc(Nc2nc3ncc(C4Cc5ccccc5N4C(=O)OC(C)(C)C)cc3n2CCCN2CCCCC2)cc1. The van der Waals surface area contributed by atoms with Crippen LogP contribution in [0.25, 0.3) is 11.2 Å². The number of pyridine rings is 1. The molecule has 6 rings (SSSR count). The first-order chi connectivity index (χ1) is 20.8. The second kappa shape index (κ2) is 12.2. The summed E-state index contributed by atoms with van der Waals surface area (Å²) in [4.78, 5) is 27.6. The molecule has 0 saturated carbocycles. The third-order valence-corrected chi connectivity index (χ3v) is 8.23. The maximum Gasteiger partial charge on any atom is 0.415 e. The number of nitrogens with one attached hydrogen (secondary N) is 1. The Morgan fingerprint density at radius 1 is 1.02 bits per heavy atom. The molecule has 226 valence electrons. The van der Waals surface area contributed by atoms with Gasteiger partial charge in [-0.1, -0.05) is 24.6 Å². The number of fused-ring (bicyclic) bond motifs is 2. The highest BCUT2D eigenvalue weighted by molar-refractivity contribution is 5.92. The summed E-state index contributed by atoms with van der Waals surface area (Å²) in [6.07, 6.45) is 7.11. The van der Waals surface area contributed by atoms with E-state index < -0.39 is 5.60 Å². The third-order valence-electron chi connectivity index (χ3n) is 8.23. The molecular weight excluding hydrogens is 540 g/mol. The van der Waals surface area contributed by atoms with Crippen LogP contribution in [0.2, 0.25) is 0 Å². The number of rotatable bonds is 8. The molecule has 43 heavy (non-hydrogen) atoms. The first-order valence-electron chi connectivity index (χ1n) is 15.4. The van der Waals surface area contributed by atoms with Crippen LogP contribution in [0.3, 0.4) is 0 Å². The zero-order chi connectivity index (χ0) is 30.0. The molecule has 1 N–H and O–H groups in total. The molecule has 2 aliphatic rings. The lowest BCUT2D eigenvalue weighted by Gasteiger charge is -2.29. The molecule has 0 aliphatic carbocycles. The number of para-hydroxylation sites is 1. The summed E-state index contributed by atoms with van der Waals surface area (Å²) in [5.41, 5.74) is 4.92. The number of hydrogen-bond donors (Lipinski definition) is 1. The Morgan fingerprint density at radius 3 is 2.53 bits per heavy atom. The number of carbonyl (C=O) groups excluding carboxylic acids is 1. The Bertz CT molecular complexity index is 1570. The van der Waals surface area contributed by atoms with Crippen molar-refractivity contribution in [3.05, 3.63) is 71.9 Å². The molecule has 0 radical (unpaired) electrons. The van der Waals surface area contributed by atoms with E-state index in [-0.39, 0.29) is 12.1 Å². The van der Waals surface area contributed by atoms with Crippen LogP contribution in [0.1, 0.15) is 63.6 Å². The summed E-state index contributed by atoms with van der Waals surface area (Å²) in [5.74, 6) is 1.56. The molecule has 4 heterocycles. The highest BCUT2D eigenvalue weighted by Crippen LogP contribution is 2.41. The fraction of sp³-hybridized carbons (Fsp3) is 0.441. The zero-order valence-corrected chi connectivity index (χ0v) is 25.7. The topological polar surface area (TPSA) is 84.7 Å². The Hall–Kier alpha value is -4.11. The third kappa shape index (κ3) is 6.46. The maximum absolute atomic E-state index is 13.5. The highest BCUT2D eigenvalue weighted by Gasteiger charge is 2.37. The van der Waals surface area contributed by atoms with Gasteiger partial charge in [0.1, 0.15) is 11.4 Å². The van der Waals surface area contributed by atoms with E-state index >= 15 is 0 Å². The van der Waals surface area contributed by atoms with Crippen molar-refractivity contribution in [3.63, 3.8) is 0 Å². The van der Waals surface area contributed by atoms with Crippen molar-refractivity contribution in [1.82, 2.24) is 19.4 Å². The van der Waals surface area contributed by atoms with E-state index in [1.165, 1.54) is 32.4 Å². The predicted molar refractivity (Wildman–Crippen MR) is 170 cm³/mol. The van der Waals surface area contributed by atoms with Crippen LogP contribution in [0.15, 0.2) is 60.8 Å². The summed E-state index contributed by atoms with van der Waals surface area (Å²) >= 11 is 0. The number of benzene rings is 2. The summed E-state index contributed by atoms with van der Waals surface area (Å²) in [6.45, 7) is 9.91. The van der Waals surface area contributed by atoms with Crippen LogP contribution < -0.4 is 15.0 Å². The highest BCUT2D eigenvalue weighted by atomic mass is 16.6. The largest absolute Gasteiger partial charge is 0.497 e. The van der Waals surface area contributed by atoms with Crippen molar-refractivity contribution in [3.8, 4) is 5.75 Å². The van der Waals surface area contributed by atoms with E-state index in [0.29, 0.717) is 12.1 Å². The number of aryl methyl sites for hydroxylation is 1. The number of ether oxygens (including phenoxy) is 2. The van der Waals surface area contributed by atoms with Crippen molar-refractivity contribution in [1.29, 1.82) is 0 Å². The molecule has 1 unspecified atom stereocenters. The number of imidazole rings is 1. The smallest absolute Gasteiger partial charge is 0.415 e. The standard InChI is InChI=1S/C34H42N6O3/c1-34(2,3)43-33(41)40-28-12-7-6-11-24(28)21-29(40)25-22-30-31(35-23-25)37-32(36-26-13-15-27(42-4)16-14-26)39(30)20-10-19-38-17-8-5-9-18-38/h6-7,11-16,22-23,29H,5,8-10,17-21H2,1-4H3,(H,35,36,37). The molecule has 0 spiro atoms. The maximum atomic E-state index is 13.5. The van der Waals surface area contributed by atoms with Crippen molar-refractivity contribution >= 4 is 34.6 Å². The molecule has 2 aromatic carbocycles. The van der Waals surface area contributed by atoms with Crippen LogP contribution >= 0.6 is 0 Å². The minimum atomic E-state index is -0.601. The molecule has 2 aromatic heterocycles. The van der Waals surface area contributed by atoms with E-state index in [9.17, 15) is 4.79 Å². The first kappa shape index (κ1) is 29.0. The van der Waals surface area contributed by atoms with Crippen molar-refractivity contribution in [2.45, 2.75) is 71.1 Å². The van der Waals surface area contributed by atoms with Crippen LogP contribution in [0.4, 0.5) is 22.1 Å². The molecule has 0 bridgehead atoms. The molecule has 1 atom stereocenters. The lowest BCUT2D eigenvalue weighted by Crippen LogP contribution is -2.37. The molecule has 1 fully saturated rings. The van der Waals surface area contributed by atoms with E-state index in [4.69, 9.17) is 19.4 Å².